The van der Waals surface area contributed by atoms with Crippen molar-refractivity contribution >= 4 is 16.6 Å². The van der Waals surface area contributed by atoms with Crippen molar-refractivity contribution in [2.24, 2.45) is 5.73 Å². The molecule has 6 rings (SSSR count). The molecular formula is C27H29N3O6. The molecule has 1 aliphatic carbocycles. The molecule has 2 aliphatic heterocycles. The minimum atomic E-state index is -0.310. The van der Waals surface area contributed by atoms with Crippen LogP contribution in [0.2, 0.25) is 0 Å². The fraction of sp³-hybridized carbons (Fsp3) is 0.407. The number of ether oxygens (including phenoxy) is 2. The van der Waals surface area contributed by atoms with Gasteiger partial charge in [-0.1, -0.05) is 0 Å². The molecule has 0 unspecified atom stereocenters. The predicted octanol–water partition coefficient (Wildman–Crippen LogP) is 1.74. The average molecular weight is 492 g/mol. The number of benzene rings is 2. The molecule has 3 heterocycles. The molecule has 1 aromatic heterocycles. The number of piperidine rings is 1. The van der Waals surface area contributed by atoms with E-state index in [9.17, 15) is 19.8 Å². The van der Waals surface area contributed by atoms with Gasteiger partial charge in [-0.05, 0) is 74.3 Å². The van der Waals surface area contributed by atoms with Gasteiger partial charge in [-0.2, -0.15) is 0 Å². The van der Waals surface area contributed by atoms with Gasteiger partial charge in [-0.15, -0.1) is 0 Å². The minimum Gasteiger partial charge on any atom is -0.454 e. The van der Waals surface area contributed by atoms with Crippen LogP contribution in [-0.4, -0.2) is 57.9 Å². The minimum absolute atomic E-state index is 0.0904. The number of nitrogens with zero attached hydrogens (tertiary/aromatic N) is 2. The Kier molecular flexibility index (Phi) is 5.80. The zero-order valence-corrected chi connectivity index (χ0v) is 20.0. The second-order valence-corrected chi connectivity index (χ2v) is 9.78. The van der Waals surface area contributed by atoms with Gasteiger partial charge in [0, 0.05) is 34.5 Å². The van der Waals surface area contributed by atoms with Crippen LogP contribution < -0.4 is 20.8 Å². The molecule has 36 heavy (non-hydrogen) atoms. The molecule has 0 saturated carbocycles. The molecule has 188 valence electrons. The summed E-state index contributed by atoms with van der Waals surface area (Å²) >= 11 is 0. The molecular weight excluding hydrogens is 462 g/mol. The van der Waals surface area contributed by atoms with Gasteiger partial charge in [0.1, 0.15) is 0 Å². The van der Waals surface area contributed by atoms with Crippen LogP contribution in [0.5, 0.6) is 11.5 Å². The van der Waals surface area contributed by atoms with Gasteiger partial charge in [-0.25, -0.2) is 0 Å². The third-order valence-electron chi connectivity index (χ3n) is 7.66. The molecule has 9 nitrogen and oxygen atoms in total. The van der Waals surface area contributed by atoms with Crippen LogP contribution in [0.3, 0.4) is 0 Å². The maximum absolute atomic E-state index is 13.9. The number of likely N-dealkylation sites (tertiary alicyclic amines) is 1. The highest BCUT2D eigenvalue weighted by molar-refractivity contribution is 6.27. The van der Waals surface area contributed by atoms with E-state index in [0.717, 1.165) is 38.9 Å². The van der Waals surface area contributed by atoms with Gasteiger partial charge in [0.05, 0.1) is 24.5 Å². The number of hydrogen-bond donors (Lipinski definition) is 3. The van der Waals surface area contributed by atoms with Crippen LogP contribution in [0, 0.1) is 0 Å². The molecule has 0 amide bonds. The highest BCUT2D eigenvalue weighted by Gasteiger charge is 2.35. The number of carbonyl (C=O) groups excluding carboxylic acids is 1. The summed E-state index contributed by atoms with van der Waals surface area (Å²) in [6.45, 7) is 2.64. The van der Waals surface area contributed by atoms with E-state index in [1.54, 1.807) is 28.8 Å². The maximum atomic E-state index is 13.9. The van der Waals surface area contributed by atoms with Crippen LogP contribution >= 0.6 is 0 Å². The summed E-state index contributed by atoms with van der Waals surface area (Å²) in [5.41, 5.74) is 8.91. The highest BCUT2D eigenvalue weighted by atomic mass is 16.7. The first-order chi connectivity index (χ1) is 17.5. The Labute approximate surface area is 207 Å². The quantitative estimate of drug-likeness (QED) is 0.372. The van der Waals surface area contributed by atoms with Gasteiger partial charge in [-0.3, -0.25) is 9.59 Å². The first-order valence-corrected chi connectivity index (χ1v) is 12.4. The highest BCUT2D eigenvalue weighted by Crippen LogP contribution is 2.46. The zero-order chi connectivity index (χ0) is 25.0. The number of ketones is 1. The zero-order valence-electron chi connectivity index (χ0n) is 20.0. The van der Waals surface area contributed by atoms with E-state index in [2.05, 4.69) is 4.90 Å². The lowest BCUT2D eigenvalue weighted by molar-refractivity contribution is 0.104. The normalized spacial score (nSPS) is 17.1. The summed E-state index contributed by atoms with van der Waals surface area (Å²) in [5.74, 6) is 0.863. The number of nitrogens with two attached hydrogens (primary N) is 1. The Hall–Kier alpha value is -3.24. The van der Waals surface area contributed by atoms with Gasteiger partial charge in [0.15, 0.2) is 17.3 Å². The monoisotopic (exact) mass is 491 g/mol. The van der Waals surface area contributed by atoms with Crippen molar-refractivity contribution in [3.05, 3.63) is 56.9 Å². The first-order valence-electron chi connectivity index (χ1n) is 12.4. The summed E-state index contributed by atoms with van der Waals surface area (Å²) in [6.07, 6.45) is 2.68. The number of aliphatic hydroxyl groups excluding tert-OH is 2. The van der Waals surface area contributed by atoms with Crippen LogP contribution in [0.15, 0.2) is 29.1 Å². The summed E-state index contributed by atoms with van der Waals surface area (Å²) in [6, 6.07) is 6.99. The molecule has 4 N–H and O–H groups in total. The number of fused-ring (bicyclic) bond motifs is 6. The maximum Gasteiger partial charge on any atom is 0.258 e. The van der Waals surface area contributed by atoms with Crippen LogP contribution in [0.25, 0.3) is 22.0 Å². The summed E-state index contributed by atoms with van der Waals surface area (Å²) < 4.78 is 12.8. The molecule has 3 aromatic rings. The number of hydrogen-bond acceptors (Lipinski definition) is 8. The van der Waals surface area contributed by atoms with E-state index in [-0.39, 0.29) is 37.4 Å². The van der Waals surface area contributed by atoms with Crippen molar-refractivity contribution in [1.82, 2.24) is 9.47 Å². The van der Waals surface area contributed by atoms with E-state index in [4.69, 9.17) is 15.2 Å². The smallest absolute Gasteiger partial charge is 0.258 e. The molecule has 1 saturated heterocycles. The van der Waals surface area contributed by atoms with Crippen molar-refractivity contribution in [3.8, 4) is 22.8 Å². The van der Waals surface area contributed by atoms with Crippen molar-refractivity contribution in [2.75, 3.05) is 26.4 Å². The molecule has 1 fully saturated rings. The summed E-state index contributed by atoms with van der Waals surface area (Å²) in [4.78, 5) is 29.9. The first kappa shape index (κ1) is 23.2. The molecule has 0 spiro atoms. The van der Waals surface area contributed by atoms with Gasteiger partial charge in [0.2, 0.25) is 6.79 Å². The van der Waals surface area contributed by atoms with E-state index < -0.39 is 0 Å². The third-order valence-corrected chi connectivity index (χ3v) is 7.66. The molecule has 0 bridgehead atoms. The van der Waals surface area contributed by atoms with E-state index >= 15 is 0 Å². The van der Waals surface area contributed by atoms with Crippen LogP contribution in [0.4, 0.5) is 0 Å². The Morgan fingerprint density at radius 2 is 1.53 bits per heavy atom. The van der Waals surface area contributed by atoms with Crippen molar-refractivity contribution < 1.29 is 24.5 Å². The SMILES string of the molecule is NC1CCN(CCCn2c3c(c4cc(CO)c(CO)cc4c2=O)C(=O)c2cc4c(cc2-3)OCO4)CC1. The van der Waals surface area contributed by atoms with Crippen molar-refractivity contribution in [1.29, 1.82) is 0 Å². The average Bonchev–Trinajstić information content (AvgIpc) is 3.47. The molecule has 0 atom stereocenters. The molecule has 0 radical (unpaired) electrons. The standard InChI is InChI=1S/C27H29N3O6/c28-17-2-6-29(7-3-17)4-1-5-30-25-19-10-22-23(36-14-35-22)11-20(19)26(33)24(25)18-8-15(12-31)16(13-32)9-21(18)27(30)34/h8-11,17,31-32H,1-7,12-14,28H2. The van der Waals surface area contributed by atoms with Gasteiger partial charge < -0.3 is 34.9 Å². The van der Waals surface area contributed by atoms with E-state index in [0.29, 0.717) is 62.3 Å². The van der Waals surface area contributed by atoms with Gasteiger partial charge in [0.25, 0.3) is 5.56 Å². The third kappa shape index (κ3) is 3.62. The topological polar surface area (TPSA) is 127 Å². The largest absolute Gasteiger partial charge is 0.454 e. The van der Waals surface area contributed by atoms with Crippen LogP contribution in [-0.2, 0) is 19.8 Å². The lowest BCUT2D eigenvalue weighted by Crippen LogP contribution is -2.40. The summed E-state index contributed by atoms with van der Waals surface area (Å²) in [5, 5.41) is 20.5. The van der Waals surface area contributed by atoms with E-state index in [1.807, 2.05) is 0 Å². The number of rotatable bonds is 6. The molecule has 2 aromatic carbocycles. The Balaban J connectivity index is 1.49. The van der Waals surface area contributed by atoms with Crippen molar-refractivity contribution in [3.63, 3.8) is 0 Å². The fourth-order valence-electron chi connectivity index (χ4n) is 5.69. The van der Waals surface area contributed by atoms with E-state index in [1.165, 1.54) is 0 Å². The Bertz CT molecular complexity index is 1440. The predicted molar refractivity (Wildman–Crippen MR) is 133 cm³/mol. The second kappa shape index (κ2) is 9.01. The number of carbonyl (C=O) groups is 1. The Morgan fingerprint density at radius 3 is 2.19 bits per heavy atom. The summed E-state index contributed by atoms with van der Waals surface area (Å²) in [7, 11) is 0. The molecule has 3 aliphatic rings. The number of pyridine rings is 1. The van der Waals surface area contributed by atoms with Crippen LogP contribution in [0.1, 0.15) is 46.3 Å². The number of aliphatic hydroxyl groups is 2. The number of aromatic nitrogens is 1. The second-order valence-electron chi connectivity index (χ2n) is 9.78. The van der Waals surface area contributed by atoms with Crippen molar-refractivity contribution in [2.45, 2.75) is 45.1 Å². The lowest BCUT2D eigenvalue weighted by Gasteiger charge is -2.30. The Morgan fingerprint density at radius 1 is 0.889 bits per heavy atom. The fourth-order valence-corrected chi connectivity index (χ4v) is 5.69. The lowest BCUT2D eigenvalue weighted by atomic mass is 9.97. The van der Waals surface area contributed by atoms with Gasteiger partial charge >= 0.3 is 0 Å². The molecule has 9 heteroatoms.